The quantitative estimate of drug-likeness (QED) is 0.683. The third-order valence-corrected chi connectivity index (χ3v) is 4.98. The van der Waals surface area contributed by atoms with E-state index in [1.54, 1.807) is 42.5 Å². The molecular weight excluding hydrogens is 394 g/mol. The molecule has 150 valence electrons. The number of carbonyl (C=O) groups is 3. The van der Waals surface area contributed by atoms with E-state index in [0.29, 0.717) is 27.7 Å². The number of carboxylic acids is 1. The van der Waals surface area contributed by atoms with Gasteiger partial charge >= 0.3 is 5.97 Å². The van der Waals surface area contributed by atoms with Crippen LogP contribution in [0.3, 0.4) is 0 Å². The Balaban J connectivity index is 1.81. The molecule has 0 aromatic heterocycles. The number of carbonyl (C=O) groups excluding carboxylic acids is 2. The van der Waals surface area contributed by atoms with E-state index in [4.69, 9.17) is 14.6 Å². The summed E-state index contributed by atoms with van der Waals surface area (Å²) in [5.74, 6) is -0.530. The molecule has 2 aromatic rings. The maximum atomic E-state index is 12.8. The molecule has 8 heteroatoms. The fourth-order valence-electron chi connectivity index (χ4n) is 2.75. The number of aliphatic carboxylic acids is 1. The zero-order chi connectivity index (χ0) is 21.0. The second kappa shape index (κ2) is 8.83. The van der Waals surface area contributed by atoms with Crippen LogP contribution < -0.4 is 14.4 Å². The lowest BCUT2D eigenvalue weighted by Gasteiger charge is -2.13. The predicted molar refractivity (Wildman–Crippen MR) is 110 cm³/mol. The van der Waals surface area contributed by atoms with Gasteiger partial charge in [0.2, 0.25) is 0 Å². The zero-order valence-corrected chi connectivity index (χ0v) is 16.7. The maximum Gasteiger partial charge on any atom is 0.306 e. The van der Waals surface area contributed by atoms with E-state index in [2.05, 4.69) is 0 Å². The molecule has 1 saturated heterocycles. The van der Waals surface area contributed by atoms with Crippen molar-refractivity contribution < 1.29 is 29.0 Å². The molecule has 3 rings (SSSR count). The Morgan fingerprint density at radius 1 is 1.17 bits per heavy atom. The zero-order valence-electron chi connectivity index (χ0n) is 15.9. The Labute approximate surface area is 171 Å². The van der Waals surface area contributed by atoms with Gasteiger partial charge < -0.3 is 14.6 Å². The first-order chi connectivity index (χ1) is 13.9. The predicted octanol–water partition coefficient (Wildman–Crippen LogP) is 4.10. The van der Waals surface area contributed by atoms with Crippen LogP contribution in [0, 0.1) is 6.92 Å². The maximum absolute atomic E-state index is 12.8. The van der Waals surface area contributed by atoms with Gasteiger partial charge in [0.05, 0.1) is 30.7 Å². The fraction of sp³-hybridized carbons (Fsp3) is 0.190. The summed E-state index contributed by atoms with van der Waals surface area (Å²) >= 11 is 0.873. The molecule has 1 aliphatic rings. The molecule has 1 aliphatic heterocycles. The van der Waals surface area contributed by atoms with Crippen molar-refractivity contribution in [3.05, 3.63) is 58.5 Å². The summed E-state index contributed by atoms with van der Waals surface area (Å²) in [5.41, 5.74) is 2.14. The SMILES string of the molecule is COc1cc(/C=C2/SC(=O)N(c3cccc(C)c3)C2=O)ccc1OCCC(=O)O. The van der Waals surface area contributed by atoms with Crippen LogP contribution in [-0.2, 0) is 9.59 Å². The number of rotatable bonds is 7. The standard InChI is InChI=1S/C21H19NO6S/c1-13-4-3-5-15(10-13)22-20(25)18(29-21(22)26)12-14-6-7-16(17(11-14)27-2)28-9-8-19(23)24/h3-7,10-12H,8-9H2,1-2H3,(H,23,24)/b18-12+. The Kier molecular flexibility index (Phi) is 6.23. The van der Waals surface area contributed by atoms with Crippen molar-refractivity contribution in [2.75, 3.05) is 18.6 Å². The monoisotopic (exact) mass is 413 g/mol. The minimum absolute atomic E-state index is 0.0143. The number of ether oxygens (including phenoxy) is 2. The molecule has 0 aliphatic carbocycles. The van der Waals surface area contributed by atoms with Crippen LogP contribution in [0.25, 0.3) is 6.08 Å². The van der Waals surface area contributed by atoms with Crippen molar-refractivity contribution >= 4 is 40.6 Å². The lowest BCUT2D eigenvalue weighted by Crippen LogP contribution is -2.27. The van der Waals surface area contributed by atoms with Gasteiger partial charge in [-0.25, -0.2) is 4.90 Å². The molecule has 1 heterocycles. The lowest BCUT2D eigenvalue weighted by molar-refractivity contribution is -0.137. The Morgan fingerprint density at radius 3 is 2.66 bits per heavy atom. The van der Waals surface area contributed by atoms with E-state index in [9.17, 15) is 14.4 Å². The van der Waals surface area contributed by atoms with Crippen molar-refractivity contribution in [3.8, 4) is 11.5 Å². The molecule has 0 bridgehead atoms. The highest BCUT2D eigenvalue weighted by atomic mass is 32.2. The van der Waals surface area contributed by atoms with Gasteiger partial charge in [0.25, 0.3) is 11.1 Å². The second-order valence-electron chi connectivity index (χ2n) is 6.26. The Morgan fingerprint density at radius 2 is 1.97 bits per heavy atom. The van der Waals surface area contributed by atoms with Crippen molar-refractivity contribution in [2.24, 2.45) is 0 Å². The number of anilines is 1. The fourth-order valence-corrected chi connectivity index (χ4v) is 3.59. The number of amides is 2. The first kappa shape index (κ1) is 20.5. The van der Waals surface area contributed by atoms with Crippen molar-refractivity contribution in [1.29, 1.82) is 0 Å². The number of aryl methyl sites for hydroxylation is 1. The minimum Gasteiger partial charge on any atom is -0.493 e. The second-order valence-corrected chi connectivity index (χ2v) is 7.25. The van der Waals surface area contributed by atoms with Crippen LogP contribution in [0.15, 0.2) is 47.4 Å². The Bertz CT molecular complexity index is 1000. The highest BCUT2D eigenvalue weighted by molar-refractivity contribution is 8.19. The number of nitrogens with zero attached hydrogens (tertiary/aromatic N) is 1. The third-order valence-electron chi connectivity index (χ3n) is 4.11. The lowest BCUT2D eigenvalue weighted by atomic mass is 10.1. The number of benzene rings is 2. The van der Waals surface area contributed by atoms with Gasteiger partial charge in [-0.2, -0.15) is 0 Å². The molecule has 0 unspecified atom stereocenters. The van der Waals surface area contributed by atoms with Crippen LogP contribution in [-0.4, -0.2) is 35.9 Å². The summed E-state index contributed by atoms with van der Waals surface area (Å²) in [5, 5.41) is 8.35. The summed E-state index contributed by atoms with van der Waals surface area (Å²) < 4.78 is 10.7. The van der Waals surface area contributed by atoms with E-state index < -0.39 is 5.97 Å². The molecule has 2 amide bonds. The van der Waals surface area contributed by atoms with Gasteiger partial charge in [-0.3, -0.25) is 14.4 Å². The molecule has 1 N–H and O–H groups in total. The number of thioether (sulfide) groups is 1. The summed E-state index contributed by atoms with van der Waals surface area (Å²) in [4.78, 5) is 37.2. The third kappa shape index (κ3) is 4.78. The van der Waals surface area contributed by atoms with Crippen LogP contribution >= 0.6 is 11.8 Å². The summed E-state index contributed by atoms with van der Waals surface area (Å²) in [6.07, 6.45) is 1.49. The number of imide groups is 1. The van der Waals surface area contributed by atoms with E-state index in [-0.39, 0.29) is 24.2 Å². The van der Waals surface area contributed by atoms with Crippen molar-refractivity contribution in [3.63, 3.8) is 0 Å². The number of hydrogen-bond donors (Lipinski definition) is 1. The molecule has 0 atom stereocenters. The normalized spacial score (nSPS) is 15.1. The number of methoxy groups -OCH3 is 1. The number of hydrogen-bond acceptors (Lipinski definition) is 6. The Hall–Kier alpha value is -3.26. The van der Waals surface area contributed by atoms with Crippen LogP contribution in [0.1, 0.15) is 17.5 Å². The molecule has 2 aromatic carbocycles. The average molecular weight is 413 g/mol. The molecule has 0 radical (unpaired) electrons. The highest BCUT2D eigenvalue weighted by Crippen LogP contribution is 2.37. The largest absolute Gasteiger partial charge is 0.493 e. The van der Waals surface area contributed by atoms with E-state index in [1.807, 2.05) is 13.0 Å². The summed E-state index contributed by atoms with van der Waals surface area (Å²) in [6.45, 7) is 1.91. The van der Waals surface area contributed by atoms with Crippen LogP contribution in [0.5, 0.6) is 11.5 Å². The van der Waals surface area contributed by atoms with Gasteiger partial charge in [0.1, 0.15) is 0 Å². The first-order valence-corrected chi connectivity index (χ1v) is 9.58. The molecule has 0 spiro atoms. The van der Waals surface area contributed by atoms with E-state index >= 15 is 0 Å². The topological polar surface area (TPSA) is 93.1 Å². The number of carboxylic acid groups (broad SMARTS) is 1. The van der Waals surface area contributed by atoms with E-state index in [1.165, 1.54) is 7.11 Å². The smallest absolute Gasteiger partial charge is 0.306 e. The van der Waals surface area contributed by atoms with Gasteiger partial charge in [-0.1, -0.05) is 18.2 Å². The minimum atomic E-state index is -0.954. The summed E-state index contributed by atoms with van der Waals surface area (Å²) in [6, 6.07) is 12.2. The van der Waals surface area contributed by atoms with Crippen LogP contribution in [0.4, 0.5) is 10.5 Å². The van der Waals surface area contributed by atoms with Crippen LogP contribution in [0.2, 0.25) is 0 Å². The molecular formula is C21H19NO6S. The molecule has 0 saturated carbocycles. The van der Waals surface area contributed by atoms with E-state index in [0.717, 1.165) is 22.2 Å². The summed E-state index contributed by atoms with van der Waals surface area (Å²) in [7, 11) is 1.47. The van der Waals surface area contributed by atoms with Crippen molar-refractivity contribution in [1.82, 2.24) is 0 Å². The first-order valence-electron chi connectivity index (χ1n) is 8.76. The molecule has 7 nitrogen and oxygen atoms in total. The van der Waals surface area contributed by atoms with Gasteiger partial charge in [-0.15, -0.1) is 0 Å². The highest BCUT2D eigenvalue weighted by Gasteiger charge is 2.36. The molecule has 1 fully saturated rings. The van der Waals surface area contributed by atoms with Crippen molar-refractivity contribution in [2.45, 2.75) is 13.3 Å². The average Bonchev–Trinajstić information content (AvgIpc) is 2.95. The van der Waals surface area contributed by atoms with Gasteiger partial charge in [0.15, 0.2) is 11.5 Å². The van der Waals surface area contributed by atoms with Gasteiger partial charge in [0, 0.05) is 0 Å². The van der Waals surface area contributed by atoms with Gasteiger partial charge in [-0.05, 0) is 60.2 Å². The molecule has 29 heavy (non-hydrogen) atoms.